The van der Waals surface area contributed by atoms with Crippen LogP contribution < -0.4 is 11.2 Å². The first-order chi connectivity index (χ1) is 8.24. The predicted octanol–water partition coefficient (Wildman–Crippen LogP) is 0.196. The maximum Gasteiger partial charge on any atom is 0.214 e. The van der Waals surface area contributed by atoms with Crippen LogP contribution in [0.25, 0.3) is 0 Å². The van der Waals surface area contributed by atoms with Gasteiger partial charge in [0.2, 0.25) is 5.95 Å². The van der Waals surface area contributed by atoms with E-state index in [9.17, 15) is 4.39 Å². The van der Waals surface area contributed by atoms with Crippen molar-refractivity contribution in [1.82, 2.24) is 19.7 Å². The molecule has 0 aliphatic rings. The number of halogens is 1. The average Bonchev–Trinajstić information content (AvgIpc) is 2.79. The van der Waals surface area contributed by atoms with Crippen molar-refractivity contribution < 1.29 is 4.39 Å². The van der Waals surface area contributed by atoms with Gasteiger partial charge in [-0.1, -0.05) is 6.07 Å². The van der Waals surface area contributed by atoms with Crippen LogP contribution in [0.3, 0.4) is 0 Å². The largest absolute Gasteiger partial charge is 0.384 e. The number of anilines is 1. The third kappa shape index (κ3) is 3.23. The van der Waals surface area contributed by atoms with Gasteiger partial charge in [0, 0.05) is 0 Å². The van der Waals surface area contributed by atoms with Gasteiger partial charge in [-0.15, -0.1) is 0 Å². The number of hydrogen-bond donors (Lipinski definition) is 2. The molecule has 0 saturated heterocycles. The lowest BCUT2D eigenvalue weighted by Gasteiger charge is -2.02. The van der Waals surface area contributed by atoms with Crippen LogP contribution in [0.2, 0.25) is 0 Å². The first kappa shape index (κ1) is 11.0. The van der Waals surface area contributed by atoms with E-state index in [0.29, 0.717) is 6.54 Å². The van der Waals surface area contributed by atoms with Crippen molar-refractivity contribution in [2.24, 2.45) is 10.8 Å². The molecule has 0 bridgehead atoms. The molecule has 7 nitrogen and oxygen atoms in total. The van der Waals surface area contributed by atoms with Crippen molar-refractivity contribution >= 4 is 11.7 Å². The summed E-state index contributed by atoms with van der Waals surface area (Å²) in [5.74, 6) is -0.0202. The Balaban J connectivity index is 1.96. The maximum absolute atomic E-state index is 12.7. The van der Waals surface area contributed by atoms with Gasteiger partial charge in [0.15, 0.2) is 0 Å². The average molecular weight is 235 g/mol. The standard InChI is InChI=1S/C9H10FN7/c10-7-2-1-3-9(14-7)16-15-8(11)4-17-6-12-5-13-17/h1-3,5-6H,4H2,(H2,11,15)(H,14,16). The lowest BCUT2D eigenvalue weighted by molar-refractivity contribution is 0.585. The van der Waals surface area contributed by atoms with Gasteiger partial charge in [-0.3, -0.25) is 5.43 Å². The number of pyridine rings is 1. The molecule has 2 aromatic rings. The molecule has 88 valence electrons. The minimum Gasteiger partial charge on any atom is -0.384 e. The molecule has 0 amide bonds. The van der Waals surface area contributed by atoms with Crippen LogP contribution in [0, 0.1) is 5.95 Å². The van der Waals surface area contributed by atoms with E-state index in [2.05, 4.69) is 25.6 Å². The van der Waals surface area contributed by atoms with Crippen LogP contribution >= 0.6 is 0 Å². The van der Waals surface area contributed by atoms with Gasteiger partial charge < -0.3 is 5.73 Å². The molecule has 0 aliphatic heterocycles. The van der Waals surface area contributed by atoms with Crippen molar-refractivity contribution in [3.63, 3.8) is 0 Å². The van der Waals surface area contributed by atoms with E-state index in [1.165, 1.54) is 29.5 Å². The van der Waals surface area contributed by atoms with E-state index in [1.807, 2.05) is 0 Å². The number of amidine groups is 1. The topological polar surface area (TPSA) is 94.0 Å². The lowest BCUT2D eigenvalue weighted by Crippen LogP contribution is -2.21. The number of hydrazone groups is 1. The minimum atomic E-state index is -0.583. The normalized spacial score (nSPS) is 11.5. The highest BCUT2D eigenvalue weighted by Crippen LogP contribution is 2.02. The van der Waals surface area contributed by atoms with Crippen LogP contribution in [-0.2, 0) is 6.54 Å². The zero-order chi connectivity index (χ0) is 12.1. The maximum atomic E-state index is 12.7. The van der Waals surface area contributed by atoms with Crippen molar-refractivity contribution in [2.75, 3.05) is 5.43 Å². The molecule has 0 spiro atoms. The Morgan fingerprint density at radius 1 is 1.53 bits per heavy atom. The molecule has 2 rings (SSSR count). The van der Waals surface area contributed by atoms with E-state index in [-0.39, 0.29) is 11.7 Å². The molecule has 0 unspecified atom stereocenters. The van der Waals surface area contributed by atoms with Crippen LogP contribution in [0.5, 0.6) is 0 Å². The Morgan fingerprint density at radius 3 is 3.12 bits per heavy atom. The summed E-state index contributed by atoms with van der Waals surface area (Å²) in [5.41, 5.74) is 8.18. The second kappa shape index (κ2) is 5.01. The number of rotatable bonds is 4. The van der Waals surface area contributed by atoms with Gasteiger partial charge in [-0.2, -0.15) is 14.6 Å². The molecular formula is C9H10FN7. The summed E-state index contributed by atoms with van der Waals surface area (Å²) in [4.78, 5) is 7.33. The van der Waals surface area contributed by atoms with Crippen LogP contribution in [0.1, 0.15) is 0 Å². The summed E-state index contributed by atoms with van der Waals surface area (Å²) in [6, 6.07) is 4.34. The smallest absolute Gasteiger partial charge is 0.214 e. The van der Waals surface area contributed by atoms with Gasteiger partial charge in [-0.05, 0) is 12.1 Å². The number of nitrogens with zero attached hydrogens (tertiary/aromatic N) is 5. The van der Waals surface area contributed by atoms with Crippen LogP contribution in [0.15, 0.2) is 36.0 Å². The third-order valence-electron chi connectivity index (χ3n) is 1.82. The second-order valence-corrected chi connectivity index (χ2v) is 3.15. The summed E-state index contributed by atoms with van der Waals surface area (Å²) in [6.45, 7) is 0.294. The summed E-state index contributed by atoms with van der Waals surface area (Å²) < 4.78 is 14.3. The highest BCUT2D eigenvalue weighted by molar-refractivity contribution is 5.80. The summed E-state index contributed by atoms with van der Waals surface area (Å²) in [6.07, 6.45) is 2.91. The number of nitrogens with two attached hydrogens (primary N) is 1. The lowest BCUT2D eigenvalue weighted by atomic mass is 10.5. The Bertz CT molecular complexity index is 508. The number of nitrogens with one attached hydrogen (secondary N) is 1. The fourth-order valence-electron chi connectivity index (χ4n) is 1.12. The molecule has 3 N–H and O–H groups in total. The first-order valence-electron chi connectivity index (χ1n) is 4.77. The Labute approximate surface area is 96.2 Å². The number of hydrogen-bond acceptors (Lipinski definition) is 5. The van der Waals surface area contributed by atoms with Crippen molar-refractivity contribution in [1.29, 1.82) is 0 Å². The molecule has 2 aromatic heterocycles. The Hall–Kier alpha value is -2.51. The summed E-state index contributed by atoms with van der Waals surface area (Å²) in [5, 5.41) is 7.70. The van der Waals surface area contributed by atoms with Crippen LogP contribution in [0.4, 0.5) is 10.2 Å². The van der Waals surface area contributed by atoms with Gasteiger partial charge >= 0.3 is 0 Å². The SMILES string of the molecule is NC(Cn1cncn1)=NNc1cccc(F)n1. The summed E-state index contributed by atoms with van der Waals surface area (Å²) in [7, 11) is 0. The van der Waals surface area contributed by atoms with E-state index < -0.39 is 5.95 Å². The van der Waals surface area contributed by atoms with E-state index in [0.717, 1.165) is 0 Å². The predicted molar refractivity (Wildman–Crippen MR) is 59.5 cm³/mol. The molecule has 0 aliphatic carbocycles. The highest BCUT2D eigenvalue weighted by atomic mass is 19.1. The van der Waals surface area contributed by atoms with Crippen LogP contribution in [-0.4, -0.2) is 25.6 Å². The molecule has 0 saturated carbocycles. The molecule has 0 aromatic carbocycles. The van der Waals surface area contributed by atoms with Crippen molar-refractivity contribution in [3.05, 3.63) is 36.8 Å². The molecule has 17 heavy (non-hydrogen) atoms. The fraction of sp³-hybridized carbons (Fsp3) is 0.111. The Kier molecular flexibility index (Phi) is 3.24. The van der Waals surface area contributed by atoms with E-state index in [1.54, 1.807) is 6.07 Å². The van der Waals surface area contributed by atoms with Gasteiger partial charge in [0.1, 0.15) is 30.9 Å². The van der Waals surface area contributed by atoms with Gasteiger partial charge in [-0.25, -0.2) is 14.6 Å². The molecule has 8 heteroatoms. The van der Waals surface area contributed by atoms with E-state index in [4.69, 9.17) is 5.73 Å². The molecule has 2 heterocycles. The first-order valence-corrected chi connectivity index (χ1v) is 4.77. The zero-order valence-corrected chi connectivity index (χ0v) is 8.79. The zero-order valence-electron chi connectivity index (χ0n) is 8.79. The minimum absolute atomic E-state index is 0.279. The fourth-order valence-corrected chi connectivity index (χ4v) is 1.12. The Morgan fingerprint density at radius 2 is 2.41 bits per heavy atom. The van der Waals surface area contributed by atoms with Gasteiger partial charge in [0.25, 0.3) is 0 Å². The van der Waals surface area contributed by atoms with E-state index >= 15 is 0 Å². The number of aromatic nitrogens is 4. The van der Waals surface area contributed by atoms with Crippen molar-refractivity contribution in [2.45, 2.75) is 6.54 Å². The quantitative estimate of drug-likeness (QED) is 0.341. The van der Waals surface area contributed by atoms with Crippen molar-refractivity contribution in [3.8, 4) is 0 Å². The molecule has 0 atom stereocenters. The highest BCUT2D eigenvalue weighted by Gasteiger charge is 1.97. The molecule has 0 radical (unpaired) electrons. The van der Waals surface area contributed by atoms with Gasteiger partial charge in [0.05, 0.1) is 0 Å². The molecular weight excluding hydrogens is 225 g/mol. The second-order valence-electron chi connectivity index (χ2n) is 3.15. The summed E-state index contributed by atoms with van der Waals surface area (Å²) >= 11 is 0. The third-order valence-corrected chi connectivity index (χ3v) is 1.82. The monoisotopic (exact) mass is 235 g/mol. The molecule has 0 fully saturated rings.